The number of hydrogen-bond donors (Lipinski definition) is 2. The van der Waals surface area contributed by atoms with Crippen LogP contribution in [0.1, 0.15) is 107 Å². The lowest BCUT2D eigenvalue weighted by Gasteiger charge is -2.49. The number of thiazole rings is 1. The Morgan fingerprint density at radius 3 is 2.35 bits per heavy atom. The number of carbonyl (C=O) groups excluding carboxylic acids is 1. The van der Waals surface area contributed by atoms with Gasteiger partial charge in [-0.2, -0.15) is 0 Å². The molecule has 3 aliphatic rings. The van der Waals surface area contributed by atoms with Gasteiger partial charge in [0.05, 0.1) is 16.0 Å². The van der Waals surface area contributed by atoms with Crippen LogP contribution in [-0.4, -0.2) is 28.5 Å². The second-order valence-electron chi connectivity index (χ2n) is 13.8. The first kappa shape index (κ1) is 26.4. The van der Waals surface area contributed by atoms with Gasteiger partial charge in [-0.25, -0.2) is 4.98 Å². The molecule has 0 aliphatic heterocycles. The van der Waals surface area contributed by atoms with Crippen LogP contribution in [0.3, 0.4) is 0 Å². The minimum Gasteiger partial charge on any atom is -0.481 e. The van der Waals surface area contributed by atoms with Crippen LogP contribution >= 0.6 is 11.3 Å². The summed E-state index contributed by atoms with van der Waals surface area (Å²) in [5, 5.41) is 12.7. The highest BCUT2D eigenvalue weighted by Gasteiger charge is 2.44. The van der Waals surface area contributed by atoms with Crippen LogP contribution in [0.2, 0.25) is 0 Å². The van der Waals surface area contributed by atoms with Gasteiger partial charge in [-0.1, -0.05) is 53.0 Å². The van der Waals surface area contributed by atoms with Crippen LogP contribution in [0.15, 0.2) is 18.2 Å². The maximum Gasteiger partial charge on any atom is 0.310 e. The van der Waals surface area contributed by atoms with Gasteiger partial charge in [0.1, 0.15) is 0 Å². The predicted molar refractivity (Wildman–Crippen MR) is 149 cm³/mol. The number of nitrogens with one attached hydrogen (secondary N) is 1. The summed E-state index contributed by atoms with van der Waals surface area (Å²) in [6.45, 7) is 12.5. The molecule has 37 heavy (non-hydrogen) atoms. The molecule has 3 saturated carbocycles. The Balaban J connectivity index is 1.52. The number of aliphatic carboxylic acids is 1. The van der Waals surface area contributed by atoms with E-state index in [0.717, 1.165) is 28.8 Å². The first-order valence-corrected chi connectivity index (χ1v) is 14.8. The Kier molecular flexibility index (Phi) is 6.57. The highest BCUT2D eigenvalue weighted by molar-refractivity contribution is 7.17. The fraction of sp³-hybridized carbons (Fsp3) is 0.645. The molecule has 0 spiro atoms. The van der Waals surface area contributed by atoms with Gasteiger partial charge in [0.25, 0.3) is 5.91 Å². The maximum absolute atomic E-state index is 13.2. The van der Waals surface area contributed by atoms with Crippen molar-refractivity contribution < 1.29 is 14.7 Å². The smallest absolute Gasteiger partial charge is 0.310 e. The van der Waals surface area contributed by atoms with E-state index in [1.165, 1.54) is 66.6 Å². The molecule has 200 valence electrons. The van der Waals surface area contributed by atoms with Crippen molar-refractivity contribution in [2.45, 2.75) is 97.3 Å². The minimum atomic E-state index is -1.03. The molecule has 2 aromatic rings. The third-order valence-electron chi connectivity index (χ3n) is 9.31. The van der Waals surface area contributed by atoms with Crippen LogP contribution in [0.5, 0.6) is 0 Å². The molecule has 1 heterocycles. The molecule has 6 heteroatoms. The average molecular weight is 523 g/mol. The van der Waals surface area contributed by atoms with Crippen LogP contribution in [-0.2, 0) is 22.0 Å². The highest BCUT2D eigenvalue weighted by Crippen LogP contribution is 2.53. The van der Waals surface area contributed by atoms with Gasteiger partial charge in [0.15, 0.2) is 5.01 Å². The summed E-state index contributed by atoms with van der Waals surface area (Å²) in [6, 6.07) is 7.04. The van der Waals surface area contributed by atoms with Crippen molar-refractivity contribution in [1.82, 2.24) is 10.3 Å². The van der Waals surface area contributed by atoms with Gasteiger partial charge in [-0.15, -0.1) is 11.3 Å². The largest absolute Gasteiger partial charge is 0.481 e. The molecule has 2 unspecified atom stereocenters. The minimum absolute atomic E-state index is 0.0223. The number of aromatic nitrogens is 1. The van der Waals surface area contributed by atoms with Crippen LogP contribution in [0.25, 0.3) is 10.4 Å². The summed E-state index contributed by atoms with van der Waals surface area (Å²) < 4.78 is 0. The second-order valence-corrected chi connectivity index (χ2v) is 14.8. The molecule has 1 aromatic carbocycles. The first-order valence-electron chi connectivity index (χ1n) is 13.9. The lowest BCUT2D eigenvalue weighted by atomic mass is 9.56. The van der Waals surface area contributed by atoms with Gasteiger partial charge in [0.2, 0.25) is 0 Å². The van der Waals surface area contributed by atoms with E-state index in [4.69, 9.17) is 4.98 Å². The van der Waals surface area contributed by atoms with E-state index >= 15 is 0 Å². The number of carboxylic acids is 1. The van der Waals surface area contributed by atoms with Crippen LogP contribution in [0, 0.1) is 23.2 Å². The van der Waals surface area contributed by atoms with Crippen molar-refractivity contribution in [3.05, 3.63) is 40.0 Å². The number of rotatable bonds is 8. The zero-order chi connectivity index (χ0) is 26.8. The molecule has 1 aromatic heterocycles. The van der Waals surface area contributed by atoms with Gasteiger partial charge in [-0.05, 0) is 96.9 Å². The Hall–Kier alpha value is -2.21. The van der Waals surface area contributed by atoms with Gasteiger partial charge in [-0.3, -0.25) is 9.59 Å². The summed E-state index contributed by atoms with van der Waals surface area (Å²) in [4.78, 5) is 30.8. The fourth-order valence-corrected chi connectivity index (χ4v) is 7.07. The Morgan fingerprint density at radius 2 is 1.78 bits per heavy atom. The third-order valence-corrected chi connectivity index (χ3v) is 10.5. The average Bonchev–Trinajstić information content (AvgIpc) is 3.45. The molecule has 0 radical (unpaired) electrons. The van der Waals surface area contributed by atoms with Crippen molar-refractivity contribution in [2.24, 2.45) is 23.2 Å². The van der Waals surface area contributed by atoms with E-state index in [-0.39, 0.29) is 23.3 Å². The number of benzene rings is 1. The third kappa shape index (κ3) is 5.23. The molecule has 5 rings (SSSR count). The summed E-state index contributed by atoms with van der Waals surface area (Å²) in [7, 11) is 0. The van der Waals surface area contributed by atoms with Crippen molar-refractivity contribution in [1.29, 1.82) is 0 Å². The molecule has 0 saturated heterocycles. The van der Waals surface area contributed by atoms with Gasteiger partial charge < -0.3 is 10.4 Å². The number of amides is 1. The van der Waals surface area contributed by atoms with Crippen molar-refractivity contribution in [2.75, 3.05) is 6.54 Å². The second kappa shape index (κ2) is 9.21. The summed E-state index contributed by atoms with van der Waals surface area (Å²) >= 11 is 1.47. The lowest BCUT2D eigenvalue weighted by Crippen LogP contribution is -2.41. The summed E-state index contributed by atoms with van der Waals surface area (Å²) in [5.74, 6) is 1.06. The zero-order valence-corrected chi connectivity index (χ0v) is 24.1. The number of nitrogens with zero attached hydrogens (tertiary/aromatic N) is 1. The molecule has 3 fully saturated rings. The zero-order valence-electron chi connectivity index (χ0n) is 23.2. The summed E-state index contributed by atoms with van der Waals surface area (Å²) in [6.07, 6.45) is 8.70. The van der Waals surface area contributed by atoms with E-state index in [2.05, 4.69) is 51.2 Å². The van der Waals surface area contributed by atoms with E-state index in [1.54, 1.807) is 13.8 Å². The first-order chi connectivity index (χ1) is 17.3. The number of carboxylic acid groups (broad SMARTS) is 1. The number of fused-ring (bicyclic) bond motifs is 2. The van der Waals surface area contributed by atoms with Gasteiger partial charge in [0, 0.05) is 6.54 Å². The Labute approximate surface area is 225 Å². The number of carbonyl (C=O) groups is 2. The molecule has 2 bridgehead atoms. The Morgan fingerprint density at radius 1 is 1.11 bits per heavy atom. The van der Waals surface area contributed by atoms with E-state index < -0.39 is 11.4 Å². The standard InChI is InChI=1S/C31H42N2O3S/c1-29(2,3)21-13-20(14-22(15-21)31(6)10-11-31)25-24(16-23-18-8-7-9-19(23)12-18)33-27(37-25)26(34)32-17-30(4,5)28(35)36/h13-15,18-19,23H,7-12,16-17H2,1-6H3,(H,32,34)(H,35,36). The van der Waals surface area contributed by atoms with Crippen molar-refractivity contribution in [3.8, 4) is 10.4 Å². The van der Waals surface area contributed by atoms with E-state index in [0.29, 0.717) is 10.9 Å². The molecule has 2 N–H and O–H groups in total. The maximum atomic E-state index is 13.2. The molecule has 1 amide bonds. The summed E-state index contributed by atoms with van der Waals surface area (Å²) in [5.41, 5.74) is 4.18. The van der Waals surface area contributed by atoms with E-state index in [1.807, 2.05) is 0 Å². The molecule has 3 aliphatic carbocycles. The van der Waals surface area contributed by atoms with Crippen molar-refractivity contribution >= 4 is 23.2 Å². The predicted octanol–water partition coefficient (Wildman–Crippen LogP) is 6.98. The monoisotopic (exact) mass is 522 g/mol. The molecule has 2 atom stereocenters. The molecular weight excluding hydrogens is 480 g/mol. The Bertz CT molecular complexity index is 1180. The normalized spacial score (nSPS) is 24.3. The van der Waals surface area contributed by atoms with E-state index in [9.17, 15) is 14.7 Å². The molecule has 5 nitrogen and oxygen atoms in total. The SMILES string of the molecule is CC(C)(CNC(=O)c1nc(CC2C3CCCC2C3)c(-c2cc(C(C)(C)C)cc(C3(C)CC3)c2)s1)C(=O)O. The van der Waals surface area contributed by atoms with Crippen molar-refractivity contribution in [3.63, 3.8) is 0 Å². The topological polar surface area (TPSA) is 79.3 Å². The van der Waals surface area contributed by atoms with Crippen LogP contribution in [0.4, 0.5) is 0 Å². The lowest BCUT2D eigenvalue weighted by molar-refractivity contribution is -0.146. The van der Waals surface area contributed by atoms with Crippen LogP contribution < -0.4 is 5.32 Å². The fourth-order valence-electron chi connectivity index (χ4n) is 6.07. The highest BCUT2D eigenvalue weighted by atomic mass is 32.1. The molecular formula is C31H42N2O3S. The van der Waals surface area contributed by atoms with Gasteiger partial charge >= 0.3 is 5.97 Å². The quantitative estimate of drug-likeness (QED) is 0.392. The number of hydrogen-bond acceptors (Lipinski definition) is 4.